The number of rotatable bonds is 9. The molecule has 178 valence electrons. The van der Waals surface area contributed by atoms with Crippen LogP contribution in [-0.4, -0.2) is 58.4 Å². The maximum Gasteiger partial charge on any atom is 0.490 e. The van der Waals surface area contributed by atoms with Gasteiger partial charge in [0.05, 0.1) is 24.8 Å². The fourth-order valence-electron chi connectivity index (χ4n) is 2.42. The van der Waals surface area contributed by atoms with Crippen LogP contribution in [-0.2, 0) is 31.6 Å². The van der Waals surface area contributed by atoms with Gasteiger partial charge in [-0.15, -0.1) is 11.6 Å². The Morgan fingerprint density at radius 2 is 1.90 bits per heavy atom. The highest BCUT2D eigenvalue weighted by Gasteiger charge is 2.51. The number of anilines is 1. The molecule has 1 aliphatic rings. The average Bonchev–Trinajstić information content (AvgIpc) is 2.90. The Labute approximate surface area is 176 Å². The number of ether oxygens (including phenoxy) is 1. The van der Waals surface area contributed by atoms with Crippen molar-refractivity contribution in [3.63, 3.8) is 0 Å². The van der Waals surface area contributed by atoms with Crippen molar-refractivity contribution in [3.05, 3.63) is 22.5 Å². The molecule has 0 saturated carbocycles. The van der Waals surface area contributed by atoms with Gasteiger partial charge in [0, 0.05) is 6.42 Å². The third-order valence-electron chi connectivity index (χ3n) is 3.76. The molecule has 0 bridgehead atoms. The maximum atomic E-state index is 13.6. The first kappa shape index (κ1) is 26.5. The van der Waals surface area contributed by atoms with E-state index in [0.717, 1.165) is 0 Å². The molecule has 5 atom stereocenters. The van der Waals surface area contributed by atoms with E-state index in [-0.39, 0.29) is 0 Å². The van der Waals surface area contributed by atoms with E-state index in [0.29, 0.717) is 10.8 Å². The minimum absolute atomic E-state index is 0.391. The molecule has 16 nitrogen and oxygen atoms in total. The van der Waals surface area contributed by atoms with Gasteiger partial charge in [-0.25, -0.2) is 22.9 Å². The summed E-state index contributed by atoms with van der Waals surface area (Å²) in [6, 6.07) is 0. The molecule has 31 heavy (non-hydrogen) atoms. The molecule has 0 aliphatic carbocycles. The summed E-state index contributed by atoms with van der Waals surface area (Å²) in [6.07, 6.45) is -2.69. The fourth-order valence-corrected chi connectivity index (χ4v) is 5.82. The largest absolute Gasteiger partial charge is 0.490 e. The maximum absolute atomic E-state index is 13.6. The van der Waals surface area contributed by atoms with Crippen LogP contribution in [0.1, 0.15) is 12.6 Å². The summed E-state index contributed by atoms with van der Waals surface area (Å²) in [4.78, 5) is 50.8. The zero-order chi connectivity index (χ0) is 23.8. The first-order valence-corrected chi connectivity index (χ1v) is 12.8. The first-order chi connectivity index (χ1) is 14.0. The molecule has 1 aliphatic heterocycles. The molecule has 2 unspecified atom stereocenters. The highest BCUT2D eigenvalue weighted by molar-refractivity contribution is 7.66. The van der Waals surface area contributed by atoms with Crippen LogP contribution in [0.5, 0.6) is 0 Å². The second-order valence-electron chi connectivity index (χ2n) is 6.05. The molecule has 2 rings (SSSR count). The third kappa shape index (κ3) is 6.85. The van der Waals surface area contributed by atoms with Crippen LogP contribution < -0.4 is 11.4 Å². The Kier molecular flexibility index (Phi) is 7.89. The lowest BCUT2D eigenvalue weighted by Gasteiger charge is -2.30. The SMILES string of the molecule is Nc1nc(=O)n([C@H]2C[C@@H](O)[C@@](CCl)(COP(=O)(O)OP(=O)(O)OP(=O)(O)O)O2)cc1F. The number of aliphatic hydroxyl groups excluding tert-OH is 1. The van der Waals surface area contributed by atoms with Gasteiger partial charge in [0.15, 0.2) is 11.6 Å². The highest BCUT2D eigenvalue weighted by atomic mass is 35.5. The molecule has 1 aromatic rings. The molecule has 1 fully saturated rings. The molecular formula is C10H16ClFN3O13P3. The van der Waals surface area contributed by atoms with Gasteiger partial charge in [0.25, 0.3) is 0 Å². The standard InChI is InChI=1S/C10H16ClFN3O13P3/c11-3-10(4-25-30(21,22)28-31(23,24)27-29(18,19)20)6(16)1-7(26-10)15-2-5(12)8(13)14-9(15)17/h2,6-7,16H,1,3-4H2,(H,21,22)(H,23,24)(H2,13,14,17)(H2,18,19,20)/t6-,7-,10-/m1/s1. The number of nitrogen functional groups attached to an aromatic ring is 1. The smallest absolute Gasteiger partial charge is 0.390 e. The number of alkyl halides is 1. The lowest BCUT2D eigenvalue weighted by Crippen LogP contribution is -2.45. The summed E-state index contributed by atoms with van der Waals surface area (Å²) in [5.41, 5.74) is 2.12. The van der Waals surface area contributed by atoms with E-state index in [1.807, 2.05) is 0 Å². The van der Waals surface area contributed by atoms with Crippen LogP contribution in [0.25, 0.3) is 0 Å². The molecule has 1 saturated heterocycles. The Morgan fingerprint density at radius 3 is 2.45 bits per heavy atom. The number of nitrogens with zero attached hydrogens (tertiary/aromatic N) is 2. The van der Waals surface area contributed by atoms with E-state index in [9.17, 15) is 32.9 Å². The van der Waals surface area contributed by atoms with Gasteiger partial charge >= 0.3 is 29.2 Å². The van der Waals surface area contributed by atoms with Crippen LogP contribution >= 0.6 is 35.1 Å². The van der Waals surface area contributed by atoms with Gasteiger partial charge in [-0.05, 0) is 0 Å². The summed E-state index contributed by atoms with van der Waals surface area (Å²) in [6.45, 7) is -1.09. The van der Waals surface area contributed by atoms with Gasteiger partial charge in [-0.1, -0.05) is 0 Å². The summed E-state index contributed by atoms with van der Waals surface area (Å²) in [5, 5.41) is 10.3. The Balaban J connectivity index is 2.17. The molecule has 2 heterocycles. The molecule has 21 heteroatoms. The van der Waals surface area contributed by atoms with Crippen molar-refractivity contribution in [2.24, 2.45) is 0 Å². The topological polar surface area (TPSA) is 250 Å². The minimum Gasteiger partial charge on any atom is -0.390 e. The van der Waals surface area contributed by atoms with Gasteiger partial charge in [-0.3, -0.25) is 9.09 Å². The van der Waals surface area contributed by atoms with Crippen LogP contribution in [0.2, 0.25) is 0 Å². The highest BCUT2D eigenvalue weighted by Crippen LogP contribution is 2.66. The third-order valence-corrected chi connectivity index (χ3v) is 8.00. The summed E-state index contributed by atoms with van der Waals surface area (Å²) < 4.78 is 65.1. The number of halogens is 2. The van der Waals surface area contributed by atoms with Crippen molar-refractivity contribution in [2.45, 2.75) is 24.4 Å². The predicted molar refractivity (Wildman–Crippen MR) is 96.9 cm³/mol. The molecular weight excluding hydrogens is 517 g/mol. The van der Waals surface area contributed by atoms with Crippen LogP contribution in [0.15, 0.2) is 11.0 Å². The second-order valence-corrected chi connectivity index (χ2v) is 10.7. The molecule has 0 radical (unpaired) electrons. The Hall–Kier alpha value is -0.770. The molecule has 0 amide bonds. The lowest BCUT2D eigenvalue weighted by atomic mass is 10.0. The average molecular weight is 534 g/mol. The van der Waals surface area contributed by atoms with Gasteiger partial charge in [0.2, 0.25) is 0 Å². The van der Waals surface area contributed by atoms with Crippen LogP contribution in [0, 0.1) is 5.82 Å². The number of aliphatic hydroxyl groups is 1. The van der Waals surface area contributed by atoms with Gasteiger partial charge in [-0.2, -0.15) is 13.6 Å². The van der Waals surface area contributed by atoms with E-state index in [1.165, 1.54) is 0 Å². The minimum atomic E-state index is -5.76. The summed E-state index contributed by atoms with van der Waals surface area (Å²) in [7, 11) is -16.9. The number of phosphoric ester groups is 1. The van der Waals surface area contributed by atoms with Crippen LogP contribution in [0.4, 0.5) is 10.2 Å². The number of hydrogen-bond donors (Lipinski definition) is 6. The number of nitrogens with two attached hydrogens (primary N) is 1. The number of hydrogen-bond acceptors (Lipinski definition) is 11. The normalized spacial score (nSPS) is 28.2. The van der Waals surface area contributed by atoms with Crippen molar-refractivity contribution in [2.75, 3.05) is 18.2 Å². The van der Waals surface area contributed by atoms with Gasteiger partial charge < -0.3 is 35.2 Å². The van der Waals surface area contributed by atoms with E-state index in [1.54, 1.807) is 0 Å². The van der Waals surface area contributed by atoms with Crippen molar-refractivity contribution < 1.29 is 60.6 Å². The monoisotopic (exact) mass is 533 g/mol. The fraction of sp³-hybridized carbons (Fsp3) is 0.600. The van der Waals surface area contributed by atoms with E-state index >= 15 is 0 Å². The molecule has 0 spiro atoms. The van der Waals surface area contributed by atoms with E-state index in [4.69, 9.17) is 36.8 Å². The molecule has 1 aromatic heterocycles. The van der Waals surface area contributed by atoms with Crippen molar-refractivity contribution in [3.8, 4) is 0 Å². The van der Waals surface area contributed by atoms with Crippen molar-refractivity contribution in [1.82, 2.24) is 9.55 Å². The zero-order valence-corrected chi connectivity index (χ0v) is 18.4. The lowest BCUT2D eigenvalue weighted by molar-refractivity contribution is -0.112. The quantitative estimate of drug-likeness (QED) is 0.174. The summed E-state index contributed by atoms with van der Waals surface area (Å²) >= 11 is 5.75. The zero-order valence-electron chi connectivity index (χ0n) is 14.9. The molecule has 7 N–H and O–H groups in total. The van der Waals surface area contributed by atoms with Crippen molar-refractivity contribution >= 4 is 40.9 Å². The first-order valence-electron chi connectivity index (χ1n) is 7.73. The Bertz CT molecular complexity index is 1030. The Morgan fingerprint density at radius 1 is 1.29 bits per heavy atom. The summed E-state index contributed by atoms with van der Waals surface area (Å²) in [5.74, 6) is -2.38. The van der Waals surface area contributed by atoms with E-state index < -0.39 is 77.6 Å². The molecule has 0 aromatic carbocycles. The van der Waals surface area contributed by atoms with E-state index in [2.05, 4.69) is 18.1 Å². The second kappa shape index (κ2) is 9.23. The van der Waals surface area contributed by atoms with Gasteiger partial charge in [0.1, 0.15) is 11.8 Å². The number of phosphoric acid groups is 3. The predicted octanol–water partition coefficient (Wildman–Crippen LogP) is -0.435. The van der Waals surface area contributed by atoms with Crippen LogP contribution in [0.3, 0.4) is 0 Å². The van der Waals surface area contributed by atoms with Crippen molar-refractivity contribution in [1.29, 1.82) is 0 Å². The number of aromatic nitrogens is 2.